The number of methoxy groups -OCH3 is 5. The van der Waals surface area contributed by atoms with Gasteiger partial charge in [0, 0.05) is 33.8 Å². The maximum Gasteiger partial charge on any atom is 0.338 e. The number of rotatable bonds is 9. The number of hydrogen-bond acceptors (Lipinski definition) is 10. The Labute approximate surface area is 253 Å². The quantitative estimate of drug-likeness (QED) is 0.205. The lowest BCUT2D eigenvalue weighted by molar-refractivity contribution is -0.149. The van der Waals surface area contributed by atoms with Gasteiger partial charge in [0.1, 0.15) is 6.10 Å². The van der Waals surface area contributed by atoms with Gasteiger partial charge in [-0.3, -0.25) is 0 Å². The van der Waals surface area contributed by atoms with Crippen LogP contribution in [0.1, 0.15) is 64.9 Å². The van der Waals surface area contributed by atoms with Crippen molar-refractivity contribution >= 4 is 11.9 Å². The van der Waals surface area contributed by atoms with Crippen molar-refractivity contribution in [3.63, 3.8) is 0 Å². The van der Waals surface area contributed by atoms with E-state index in [1.54, 1.807) is 52.0 Å². The van der Waals surface area contributed by atoms with Gasteiger partial charge in [-0.1, -0.05) is 26.0 Å². The maximum atomic E-state index is 13.3. The highest BCUT2D eigenvalue weighted by Gasteiger charge is 2.42. The fourth-order valence-electron chi connectivity index (χ4n) is 5.14. The average molecular weight is 599 g/mol. The lowest BCUT2D eigenvalue weighted by Gasteiger charge is -2.37. The third-order valence-electron chi connectivity index (χ3n) is 8.14. The fraction of sp³-hybridized carbons (Fsp3) is 0.455. The molecule has 0 saturated heterocycles. The Morgan fingerprint density at radius 2 is 1.14 bits per heavy atom. The summed E-state index contributed by atoms with van der Waals surface area (Å²) >= 11 is 0. The zero-order chi connectivity index (χ0) is 32.2. The van der Waals surface area contributed by atoms with Gasteiger partial charge in [-0.15, -0.1) is 0 Å². The van der Waals surface area contributed by atoms with Crippen molar-refractivity contribution in [1.82, 2.24) is 0 Å². The van der Waals surface area contributed by atoms with Crippen LogP contribution >= 0.6 is 0 Å². The highest BCUT2D eigenvalue weighted by Crippen LogP contribution is 2.59. The monoisotopic (exact) mass is 598 g/mol. The molecule has 10 heteroatoms. The van der Waals surface area contributed by atoms with Crippen LogP contribution in [0.3, 0.4) is 0 Å². The summed E-state index contributed by atoms with van der Waals surface area (Å²) in [4.78, 5) is 26.5. The number of ether oxygens (including phenoxy) is 7. The van der Waals surface area contributed by atoms with Gasteiger partial charge in [0.05, 0.1) is 41.7 Å². The van der Waals surface area contributed by atoms with Gasteiger partial charge >= 0.3 is 11.9 Å². The van der Waals surface area contributed by atoms with Gasteiger partial charge in [0.25, 0.3) is 0 Å². The normalized spacial score (nSPS) is 20.1. The first-order valence-electron chi connectivity index (χ1n) is 13.9. The number of aliphatic hydroxyl groups is 1. The minimum absolute atomic E-state index is 0.00687. The van der Waals surface area contributed by atoms with E-state index < -0.39 is 36.0 Å². The lowest BCUT2D eigenvalue weighted by atomic mass is 9.74. The smallest absolute Gasteiger partial charge is 0.338 e. The molecular weight excluding hydrogens is 556 g/mol. The van der Waals surface area contributed by atoms with Crippen LogP contribution in [0.25, 0.3) is 11.1 Å². The van der Waals surface area contributed by atoms with Crippen LogP contribution in [0.15, 0.2) is 35.4 Å². The zero-order valence-corrected chi connectivity index (χ0v) is 26.7. The van der Waals surface area contributed by atoms with Gasteiger partial charge < -0.3 is 38.3 Å². The predicted molar refractivity (Wildman–Crippen MR) is 161 cm³/mol. The molecule has 0 unspecified atom stereocenters. The highest BCUT2D eigenvalue weighted by molar-refractivity contribution is 5.95. The summed E-state index contributed by atoms with van der Waals surface area (Å²) in [5.74, 6) is -0.915. The number of hydrogen-bond donors (Lipinski definition) is 1. The van der Waals surface area contributed by atoms with E-state index >= 15 is 0 Å². The van der Waals surface area contributed by atoms with E-state index in [0.717, 1.165) is 0 Å². The van der Waals surface area contributed by atoms with Crippen LogP contribution in [-0.4, -0.2) is 52.6 Å². The van der Waals surface area contributed by atoms with E-state index in [-0.39, 0.29) is 28.7 Å². The van der Waals surface area contributed by atoms with Crippen molar-refractivity contribution in [2.75, 3.05) is 35.5 Å². The molecule has 0 heterocycles. The molecule has 0 fully saturated rings. The first-order valence-corrected chi connectivity index (χ1v) is 13.9. The largest absolute Gasteiger partial charge is 0.493 e. The van der Waals surface area contributed by atoms with E-state index in [9.17, 15) is 14.7 Å². The van der Waals surface area contributed by atoms with E-state index in [4.69, 9.17) is 33.2 Å². The maximum absolute atomic E-state index is 13.3. The molecule has 3 rings (SSSR count). The molecule has 1 N–H and O–H groups in total. The Morgan fingerprint density at radius 1 is 0.674 bits per heavy atom. The Kier molecular flexibility index (Phi) is 10.7. The van der Waals surface area contributed by atoms with Crippen molar-refractivity contribution < 1.29 is 47.9 Å². The summed E-state index contributed by atoms with van der Waals surface area (Å²) in [6, 6.07) is 3.36. The highest BCUT2D eigenvalue weighted by atomic mass is 16.6. The number of fused-ring (bicyclic) bond motifs is 3. The van der Waals surface area contributed by atoms with Gasteiger partial charge in [-0.25, -0.2) is 9.59 Å². The number of carbonyl (C=O) groups is 2. The fourth-order valence-corrected chi connectivity index (χ4v) is 5.14. The van der Waals surface area contributed by atoms with Gasteiger partial charge in [0.2, 0.25) is 11.5 Å². The van der Waals surface area contributed by atoms with Crippen LogP contribution < -0.4 is 28.4 Å². The second kappa shape index (κ2) is 13.9. The van der Waals surface area contributed by atoms with Crippen LogP contribution in [-0.2, 0) is 14.3 Å². The molecule has 0 aromatic heterocycles. The molecule has 1 aliphatic carbocycles. The van der Waals surface area contributed by atoms with Crippen molar-refractivity contribution in [2.24, 2.45) is 11.8 Å². The molecule has 2 aromatic rings. The third kappa shape index (κ3) is 6.01. The lowest BCUT2D eigenvalue weighted by Crippen LogP contribution is -2.29. The topological polar surface area (TPSA) is 119 Å². The molecule has 0 bridgehead atoms. The third-order valence-corrected chi connectivity index (χ3v) is 8.14. The van der Waals surface area contributed by atoms with Gasteiger partial charge in [-0.2, -0.15) is 0 Å². The SMILES string of the molecule is C/C=C(/C)C(=O)Oc1c(OC)c(OC)cc2c1-c1c(cc(OC)c(OC)c1OC)[C@H](O)[C@H](C)[C@H](C)[C@H]2OC(=O)/C(C)=C/C. The molecule has 0 amide bonds. The molecule has 43 heavy (non-hydrogen) atoms. The zero-order valence-electron chi connectivity index (χ0n) is 26.7. The molecule has 0 aliphatic heterocycles. The Hall–Kier alpha value is -4.18. The summed E-state index contributed by atoms with van der Waals surface area (Å²) in [5, 5.41) is 11.9. The number of aliphatic hydroxyl groups excluding tert-OH is 1. The van der Waals surface area contributed by atoms with Gasteiger partial charge in [0.15, 0.2) is 23.0 Å². The molecule has 2 aromatic carbocycles. The summed E-state index contributed by atoms with van der Waals surface area (Å²) in [6.07, 6.45) is 1.27. The Balaban J connectivity index is 2.67. The minimum atomic E-state index is -1.09. The molecule has 0 saturated carbocycles. The first-order chi connectivity index (χ1) is 20.4. The summed E-state index contributed by atoms with van der Waals surface area (Å²) in [6.45, 7) is 10.5. The van der Waals surface area contributed by atoms with Crippen LogP contribution in [0, 0.1) is 11.8 Å². The number of benzene rings is 2. The second-order valence-corrected chi connectivity index (χ2v) is 10.3. The number of carbonyl (C=O) groups excluding carboxylic acids is 2. The molecule has 0 spiro atoms. The Morgan fingerprint density at radius 3 is 1.63 bits per heavy atom. The van der Waals surface area contributed by atoms with Crippen molar-refractivity contribution in [3.8, 4) is 45.6 Å². The van der Waals surface area contributed by atoms with E-state index in [2.05, 4.69) is 0 Å². The van der Waals surface area contributed by atoms with Crippen molar-refractivity contribution in [2.45, 2.75) is 53.8 Å². The van der Waals surface area contributed by atoms with E-state index in [1.165, 1.54) is 35.5 Å². The molecular formula is C33H42O10. The van der Waals surface area contributed by atoms with Crippen LogP contribution in [0.5, 0.6) is 34.5 Å². The van der Waals surface area contributed by atoms with Crippen LogP contribution in [0.4, 0.5) is 0 Å². The number of allylic oxidation sites excluding steroid dienone is 2. The molecule has 1 aliphatic rings. The summed E-state index contributed by atoms with van der Waals surface area (Å²) < 4.78 is 40.9. The number of esters is 2. The average Bonchev–Trinajstić information content (AvgIpc) is 3.02. The van der Waals surface area contributed by atoms with Crippen LogP contribution in [0.2, 0.25) is 0 Å². The molecule has 234 valence electrons. The van der Waals surface area contributed by atoms with Gasteiger partial charge in [-0.05, 0) is 51.3 Å². The van der Waals surface area contributed by atoms with E-state index in [0.29, 0.717) is 39.1 Å². The second-order valence-electron chi connectivity index (χ2n) is 10.3. The van der Waals surface area contributed by atoms with E-state index in [1.807, 2.05) is 13.8 Å². The molecule has 0 radical (unpaired) electrons. The molecule has 4 atom stereocenters. The minimum Gasteiger partial charge on any atom is -0.493 e. The summed E-state index contributed by atoms with van der Waals surface area (Å²) in [7, 11) is 7.29. The standard InChI is InChI=1S/C33H42O10/c1-12-16(3)32(35)42-27-19(6)18(5)26(34)20-14-22(37-7)28(39-9)30(41-11)24(20)25-21(27)15-23(38-8)29(40-10)31(25)43-33(36)17(4)13-2/h12-15,18-19,26-27,34H,1-11H3/b16-12+,17-13-/t18-,19+,26-,27-/m1/s1. The first kappa shape index (κ1) is 33.3. The molecule has 10 nitrogen and oxygen atoms in total. The predicted octanol–water partition coefficient (Wildman–Crippen LogP) is 6.14. The summed E-state index contributed by atoms with van der Waals surface area (Å²) in [5.41, 5.74) is 2.29. The van der Waals surface area contributed by atoms with Crippen molar-refractivity contribution in [1.29, 1.82) is 0 Å². The Bertz CT molecular complexity index is 1440. The van der Waals surface area contributed by atoms with Crippen molar-refractivity contribution in [3.05, 3.63) is 46.6 Å².